The Bertz CT molecular complexity index is 503. The molecule has 0 aliphatic rings. The van der Waals surface area contributed by atoms with E-state index in [-0.39, 0.29) is 6.04 Å². The van der Waals surface area contributed by atoms with Gasteiger partial charge in [-0.3, -0.25) is 0 Å². The summed E-state index contributed by atoms with van der Waals surface area (Å²) in [6.45, 7) is 6.69. The molecule has 0 aliphatic heterocycles. The predicted octanol–water partition coefficient (Wildman–Crippen LogP) is 4.89. The maximum Gasteiger partial charge on any atom is 0.0461 e. The van der Waals surface area contributed by atoms with Crippen molar-refractivity contribution in [2.45, 2.75) is 39.2 Å². The van der Waals surface area contributed by atoms with Crippen LogP contribution in [0, 0.1) is 12.8 Å². The monoisotopic (exact) mass is 273 g/mol. The van der Waals surface area contributed by atoms with E-state index < -0.39 is 0 Å². The molecule has 0 bridgehead atoms. The molecule has 3 atom stereocenters. The van der Waals surface area contributed by atoms with Gasteiger partial charge >= 0.3 is 0 Å². The molecule has 1 aromatic heterocycles. The van der Waals surface area contributed by atoms with Gasteiger partial charge in [-0.1, -0.05) is 50.6 Å². The Labute approximate surface area is 120 Å². The van der Waals surface area contributed by atoms with Crippen molar-refractivity contribution in [3.63, 3.8) is 0 Å². The van der Waals surface area contributed by atoms with Gasteiger partial charge in [-0.2, -0.15) is 0 Å². The fourth-order valence-electron chi connectivity index (χ4n) is 2.63. The normalized spacial score (nSPS) is 16.0. The fourth-order valence-corrected chi connectivity index (χ4v) is 3.56. The number of hydrogen-bond donors (Lipinski definition) is 1. The summed E-state index contributed by atoms with van der Waals surface area (Å²) in [6.07, 6.45) is 1.15. The van der Waals surface area contributed by atoms with E-state index >= 15 is 0 Å². The van der Waals surface area contributed by atoms with Gasteiger partial charge in [0.25, 0.3) is 0 Å². The molecule has 0 fully saturated rings. The highest BCUT2D eigenvalue weighted by Crippen LogP contribution is 2.38. The molecule has 3 unspecified atom stereocenters. The SMILES string of the molecule is CCC(C)C(c1ccccc1)C(N)c1ccc(C)s1. The lowest BCUT2D eigenvalue weighted by Gasteiger charge is -2.29. The molecule has 102 valence electrons. The molecule has 1 heterocycles. The summed E-state index contributed by atoms with van der Waals surface area (Å²) in [4.78, 5) is 2.63. The van der Waals surface area contributed by atoms with Crippen LogP contribution in [0.15, 0.2) is 42.5 Å². The molecule has 2 N–H and O–H groups in total. The van der Waals surface area contributed by atoms with Crippen LogP contribution >= 0.6 is 11.3 Å². The second kappa shape index (κ2) is 6.36. The van der Waals surface area contributed by atoms with E-state index in [0.29, 0.717) is 11.8 Å². The summed E-state index contributed by atoms with van der Waals surface area (Å²) in [6, 6.07) is 15.1. The van der Waals surface area contributed by atoms with Gasteiger partial charge in [-0.15, -0.1) is 11.3 Å². The summed E-state index contributed by atoms with van der Waals surface area (Å²) in [5.74, 6) is 0.976. The lowest BCUT2D eigenvalue weighted by molar-refractivity contribution is 0.391. The first-order valence-electron chi connectivity index (χ1n) is 7.00. The first-order valence-corrected chi connectivity index (χ1v) is 7.82. The Balaban J connectivity index is 2.33. The van der Waals surface area contributed by atoms with Gasteiger partial charge in [0, 0.05) is 21.7 Å². The number of hydrogen-bond acceptors (Lipinski definition) is 2. The zero-order valence-electron chi connectivity index (χ0n) is 12.0. The lowest BCUT2D eigenvalue weighted by Crippen LogP contribution is -2.24. The highest BCUT2D eigenvalue weighted by atomic mass is 32.1. The van der Waals surface area contributed by atoms with E-state index in [0.717, 1.165) is 6.42 Å². The molecule has 0 radical (unpaired) electrons. The molecular weight excluding hydrogens is 250 g/mol. The van der Waals surface area contributed by atoms with Crippen molar-refractivity contribution >= 4 is 11.3 Å². The van der Waals surface area contributed by atoms with E-state index in [4.69, 9.17) is 5.73 Å². The molecule has 0 saturated heterocycles. The molecule has 1 nitrogen and oxygen atoms in total. The number of thiophene rings is 1. The molecule has 0 amide bonds. The Morgan fingerprint density at radius 1 is 1.11 bits per heavy atom. The van der Waals surface area contributed by atoms with Crippen molar-refractivity contribution in [2.24, 2.45) is 11.7 Å². The Morgan fingerprint density at radius 3 is 2.32 bits per heavy atom. The summed E-state index contributed by atoms with van der Waals surface area (Å²) < 4.78 is 0. The van der Waals surface area contributed by atoms with Crippen LogP contribution in [0.5, 0.6) is 0 Å². The third-order valence-electron chi connectivity index (χ3n) is 3.92. The highest BCUT2D eigenvalue weighted by molar-refractivity contribution is 7.12. The molecule has 2 rings (SSSR count). The Kier molecular flexibility index (Phi) is 4.78. The summed E-state index contributed by atoms with van der Waals surface area (Å²) in [5.41, 5.74) is 7.93. The van der Waals surface area contributed by atoms with Gasteiger partial charge < -0.3 is 5.73 Å². The first-order chi connectivity index (χ1) is 9.13. The minimum atomic E-state index is 0.0936. The quantitative estimate of drug-likeness (QED) is 0.825. The minimum Gasteiger partial charge on any atom is -0.323 e. The van der Waals surface area contributed by atoms with E-state index in [1.54, 1.807) is 0 Å². The van der Waals surface area contributed by atoms with Crippen molar-refractivity contribution in [1.29, 1.82) is 0 Å². The van der Waals surface area contributed by atoms with Crippen LogP contribution in [0.4, 0.5) is 0 Å². The third kappa shape index (κ3) is 3.26. The number of benzene rings is 1. The van der Waals surface area contributed by atoms with E-state index in [1.807, 2.05) is 11.3 Å². The summed E-state index contributed by atoms with van der Waals surface area (Å²) in [5, 5.41) is 0. The van der Waals surface area contributed by atoms with Crippen molar-refractivity contribution < 1.29 is 0 Å². The van der Waals surface area contributed by atoms with Gasteiger partial charge in [-0.05, 0) is 30.5 Å². The second-order valence-corrected chi connectivity index (χ2v) is 6.62. The first kappa shape index (κ1) is 14.3. The Hall–Kier alpha value is -1.12. The molecule has 0 saturated carbocycles. The van der Waals surface area contributed by atoms with Gasteiger partial charge in [0.1, 0.15) is 0 Å². The second-order valence-electron chi connectivity index (χ2n) is 5.30. The molecule has 0 aliphatic carbocycles. The molecular formula is C17H23NS. The highest BCUT2D eigenvalue weighted by Gasteiger charge is 2.26. The van der Waals surface area contributed by atoms with Crippen LogP contribution in [-0.4, -0.2) is 0 Å². The predicted molar refractivity (Wildman–Crippen MR) is 84.6 cm³/mol. The summed E-state index contributed by atoms with van der Waals surface area (Å²) in [7, 11) is 0. The van der Waals surface area contributed by atoms with Gasteiger partial charge in [-0.25, -0.2) is 0 Å². The van der Waals surface area contributed by atoms with Crippen LogP contribution in [0.25, 0.3) is 0 Å². The molecule has 1 aromatic carbocycles. The standard InChI is InChI=1S/C17H23NS/c1-4-12(2)16(14-8-6-5-7-9-14)17(18)15-11-10-13(3)19-15/h5-12,16-17H,4,18H2,1-3H3. The number of rotatable bonds is 5. The maximum atomic E-state index is 6.57. The average molecular weight is 273 g/mol. The third-order valence-corrected chi connectivity index (χ3v) is 5.02. The van der Waals surface area contributed by atoms with Gasteiger partial charge in [0.15, 0.2) is 0 Å². The molecule has 19 heavy (non-hydrogen) atoms. The number of nitrogens with two attached hydrogens (primary N) is 1. The molecule has 2 aromatic rings. The van der Waals surface area contributed by atoms with Crippen LogP contribution in [0.2, 0.25) is 0 Å². The van der Waals surface area contributed by atoms with E-state index in [2.05, 4.69) is 63.2 Å². The molecule has 2 heteroatoms. The van der Waals surface area contributed by atoms with Crippen molar-refractivity contribution in [2.75, 3.05) is 0 Å². The fraction of sp³-hybridized carbons (Fsp3) is 0.412. The van der Waals surface area contributed by atoms with Crippen molar-refractivity contribution in [3.05, 3.63) is 57.8 Å². The van der Waals surface area contributed by atoms with E-state index in [1.165, 1.54) is 15.3 Å². The smallest absolute Gasteiger partial charge is 0.0461 e. The zero-order valence-corrected chi connectivity index (χ0v) is 12.8. The van der Waals surface area contributed by atoms with Crippen molar-refractivity contribution in [3.8, 4) is 0 Å². The van der Waals surface area contributed by atoms with Crippen LogP contribution in [0.3, 0.4) is 0 Å². The average Bonchev–Trinajstić information content (AvgIpc) is 2.86. The van der Waals surface area contributed by atoms with Gasteiger partial charge in [0.05, 0.1) is 0 Å². The maximum absolute atomic E-state index is 6.57. The number of aryl methyl sites for hydroxylation is 1. The topological polar surface area (TPSA) is 26.0 Å². The lowest BCUT2D eigenvalue weighted by atomic mass is 9.80. The molecule has 0 spiro atoms. The van der Waals surface area contributed by atoms with Gasteiger partial charge in [0.2, 0.25) is 0 Å². The van der Waals surface area contributed by atoms with E-state index in [9.17, 15) is 0 Å². The van der Waals surface area contributed by atoms with Crippen LogP contribution in [-0.2, 0) is 0 Å². The van der Waals surface area contributed by atoms with Crippen molar-refractivity contribution in [1.82, 2.24) is 0 Å². The van der Waals surface area contributed by atoms with Crippen LogP contribution in [0.1, 0.15) is 47.5 Å². The minimum absolute atomic E-state index is 0.0936. The van der Waals surface area contributed by atoms with Crippen LogP contribution < -0.4 is 5.73 Å². The largest absolute Gasteiger partial charge is 0.323 e. The zero-order chi connectivity index (χ0) is 13.8. The Morgan fingerprint density at radius 2 is 1.79 bits per heavy atom. The summed E-state index contributed by atoms with van der Waals surface area (Å²) >= 11 is 1.82.